The van der Waals surface area contributed by atoms with Crippen molar-refractivity contribution in [1.29, 1.82) is 0 Å². The van der Waals surface area contributed by atoms with Gasteiger partial charge in [-0.1, -0.05) is 22.9 Å². The predicted molar refractivity (Wildman–Crippen MR) is 97.8 cm³/mol. The van der Waals surface area contributed by atoms with Crippen LogP contribution in [0.1, 0.15) is 38.6 Å². The molecule has 3 aromatic rings. The number of nitrogens with one attached hydrogen (secondary N) is 1. The van der Waals surface area contributed by atoms with Gasteiger partial charge in [0.1, 0.15) is 5.76 Å². The van der Waals surface area contributed by atoms with Crippen LogP contribution in [0.15, 0.2) is 28.8 Å². The van der Waals surface area contributed by atoms with E-state index in [1.165, 1.54) is 10.7 Å². The van der Waals surface area contributed by atoms with E-state index < -0.39 is 10.8 Å². The van der Waals surface area contributed by atoms with Crippen molar-refractivity contribution < 1.29 is 14.2 Å². The Morgan fingerprint density at radius 2 is 2.00 bits per heavy atom. The Labute approximate surface area is 155 Å². The Bertz CT molecular complexity index is 1030. The minimum absolute atomic E-state index is 0.130. The monoisotopic (exact) mass is 369 g/mol. The molecule has 0 radical (unpaired) electrons. The summed E-state index contributed by atoms with van der Waals surface area (Å²) < 4.78 is 6.63. The SMILES string of the molecule is Cc1ccc(NC(=O)c2noc(C)c2Cn2nc([N+](=O)[O-])cc2C)c(C)c1. The number of amides is 1. The molecule has 27 heavy (non-hydrogen) atoms. The first-order chi connectivity index (χ1) is 12.8. The van der Waals surface area contributed by atoms with Crippen molar-refractivity contribution in [2.45, 2.75) is 34.2 Å². The second-order valence-electron chi connectivity index (χ2n) is 6.40. The predicted octanol–water partition coefficient (Wildman–Crippen LogP) is 3.31. The zero-order valence-electron chi connectivity index (χ0n) is 15.4. The maximum Gasteiger partial charge on any atom is 0.390 e. The van der Waals surface area contributed by atoms with E-state index in [0.717, 1.165) is 11.1 Å². The number of anilines is 1. The van der Waals surface area contributed by atoms with Crippen LogP contribution < -0.4 is 5.32 Å². The number of hydrogen-bond acceptors (Lipinski definition) is 6. The molecule has 0 aliphatic heterocycles. The fourth-order valence-electron chi connectivity index (χ4n) is 2.78. The lowest BCUT2D eigenvalue weighted by Gasteiger charge is -2.08. The van der Waals surface area contributed by atoms with E-state index in [1.54, 1.807) is 13.8 Å². The fourth-order valence-corrected chi connectivity index (χ4v) is 2.78. The highest BCUT2D eigenvalue weighted by atomic mass is 16.6. The maximum atomic E-state index is 12.7. The highest BCUT2D eigenvalue weighted by molar-refractivity contribution is 6.04. The molecule has 0 spiro atoms. The first kappa shape index (κ1) is 18.3. The lowest BCUT2D eigenvalue weighted by molar-refractivity contribution is -0.389. The summed E-state index contributed by atoms with van der Waals surface area (Å²) in [5.41, 5.74) is 3.97. The summed E-state index contributed by atoms with van der Waals surface area (Å²) in [7, 11) is 0. The summed E-state index contributed by atoms with van der Waals surface area (Å²) in [6, 6.07) is 7.08. The number of nitro groups is 1. The summed E-state index contributed by atoms with van der Waals surface area (Å²) in [6.45, 7) is 7.42. The molecule has 0 bridgehead atoms. The molecule has 0 unspecified atom stereocenters. The smallest absolute Gasteiger partial charge is 0.361 e. The molecule has 0 saturated heterocycles. The molecule has 0 saturated carbocycles. The van der Waals surface area contributed by atoms with Crippen LogP contribution in [0.2, 0.25) is 0 Å². The summed E-state index contributed by atoms with van der Waals surface area (Å²) in [5, 5.41) is 21.6. The Morgan fingerprint density at radius 1 is 1.26 bits per heavy atom. The molecule has 1 aromatic carbocycles. The zero-order valence-corrected chi connectivity index (χ0v) is 15.4. The maximum absolute atomic E-state index is 12.7. The van der Waals surface area contributed by atoms with Crippen molar-refractivity contribution in [2.75, 3.05) is 5.32 Å². The van der Waals surface area contributed by atoms with Crippen molar-refractivity contribution in [3.05, 3.63) is 68.2 Å². The highest BCUT2D eigenvalue weighted by Gasteiger charge is 2.24. The normalized spacial score (nSPS) is 10.8. The quantitative estimate of drug-likeness (QED) is 0.545. The number of nitrogens with zero attached hydrogens (tertiary/aromatic N) is 4. The van der Waals surface area contributed by atoms with Gasteiger partial charge in [0.2, 0.25) is 0 Å². The van der Waals surface area contributed by atoms with Crippen LogP contribution in [0, 0.1) is 37.8 Å². The third-order valence-electron chi connectivity index (χ3n) is 4.29. The van der Waals surface area contributed by atoms with Crippen molar-refractivity contribution in [3.63, 3.8) is 0 Å². The third-order valence-corrected chi connectivity index (χ3v) is 4.29. The summed E-state index contributed by atoms with van der Waals surface area (Å²) in [4.78, 5) is 23.0. The largest absolute Gasteiger partial charge is 0.390 e. The Balaban J connectivity index is 1.88. The Hall–Kier alpha value is -3.49. The second-order valence-corrected chi connectivity index (χ2v) is 6.40. The van der Waals surface area contributed by atoms with Crippen molar-refractivity contribution in [2.24, 2.45) is 0 Å². The van der Waals surface area contributed by atoms with Crippen LogP contribution in [0.4, 0.5) is 11.5 Å². The van der Waals surface area contributed by atoms with Crippen molar-refractivity contribution in [3.8, 4) is 0 Å². The summed E-state index contributed by atoms with van der Waals surface area (Å²) in [5.74, 6) is -0.200. The second kappa shape index (κ2) is 7.02. The molecule has 2 heterocycles. The lowest BCUT2D eigenvalue weighted by Crippen LogP contribution is -2.17. The van der Waals surface area contributed by atoms with Gasteiger partial charge in [-0.15, -0.1) is 0 Å². The number of carbonyl (C=O) groups is 1. The van der Waals surface area contributed by atoms with Crippen LogP contribution in [0.5, 0.6) is 0 Å². The van der Waals surface area contributed by atoms with Crippen LogP contribution in [0.3, 0.4) is 0 Å². The molecule has 0 atom stereocenters. The van der Waals surface area contributed by atoms with Gasteiger partial charge in [-0.05, 0) is 44.2 Å². The van der Waals surface area contributed by atoms with E-state index in [0.29, 0.717) is 22.7 Å². The lowest BCUT2D eigenvalue weighted by atomic mass is 10.1. The van der Waals surface area contributed by atoms with Gasteiger partial charge >= 0.3 is 5.82 Å². The highest BCUT2D eigenvalue weighted by Crippen LogP contribution is 2.21. The number of aryl methyl sites for hydroxylation is 4. The zero-order chi connectivity index (χ0) is 19.7. The van der Waals surface area contributed by atoms with Crippen LogP contribution in [-0.4, -0.2) is 25.8 Å². The topological polar surface area (TPSA) is 116 Å². The van der Waals surface area contributed by atoms with Crippen molar-refractivity contribution in [1.82, 2.24) is 14.9 Å². The molecule has 3 rings (SSSR count). The first-order valence-corrected chi connectivity index (χ1v) is 8.29. The first-order valence-electron chi connectivity index (χ1n) is 8.29. The van der Waals surface area contributed by atoms with E-state index in [-0.39, 0.29) is 18.1 Å². The molecule has 0 aliphatic carbocycles. The minimum Gasteiger partial charge on any atom is -0.361 e. The molecular weight excluding hydrogens is 350 g/mol. The molecule has 1 amide bonds. The van der Waals surface area contributed by atoms with Gasteiger partial charge in [-0.3, -0.25) is 4.79 Å². The van der Waals surface area contributed by atoms with Crippen LogP contribution in [-0.2, 0) is 6.54 Å². The molecular formula is C18H19N5O4. The van der Waals surface area contributed by atoms with Gasteiger partial charge in [0, 0.05) is 5.69 Å². The van der Waals surface area contributed by atoms with Crippen LogP contribution in [0.25, 0.3) is 0 Å². The molecule has 140 valence electrons. The van der Waals surface area contributed by atoms with Gasteiger partial charge in [0.05, 0.1) is 29.0 Å². The number of carbonyl (C=O) groups excluding carboxylic acids is 1. The number of hydrogen-bond donors (Lipinski definition) is 1. The molecule has 9 heteroatoms. The molecule has 2 aromatic heterocycles. The number of rotatable bonds is 5. The fraction of sp³-hybridized carbons (Fsp3) is 0.278. The minimum atomic E-state index is -0.558. The molecule has 1 N–H and O–H groups in total. The van der Waals surface area contributed by atoms with E-state index >= 15 is 0 Å². The van der Waals surface area contributed by atoms with E-state index in [2.05, 4.69) is 15.6 Å². The van der Waals surface area contributed by atoms with Gasteiger partial charge < -0.3 is 20.0 Å². The van der Waals surface area contributed by atoms with Gasteiger partial charge in [0.15, 0.2) is 5.69 Å². The Kier molecular flexibility index (Phi) is 4.76. The standard InChI is InChI=1S/C18H19N5O4/c1-10-5-6-15(11(2)7-10)19-18(24)17-14(13(4)27-21-17)9-22-12(3)8-16(20-22)23(25)26/h5-8H,9H2,1-4H3,(H,19,24). The van der Waals surface area contributed by atoms with E-state index in [1.807, 2.05) is 32.0 Å². The van der Waals surface area contributed by atoms with E-state index in [9.17, 15) is 14.9 Å². The average Bonchev–Trinajstić information content (AvgIpc) is 3.14. The Morgan fingerprint density at radius 3 is 2.63 bits per heavy atom. The van der Waals surface area contributed by atoms with E-state index in [4.69, 9.17) is 4.52 Å². The third kappa shape index (κ3) is 3.71. The van der Waals surface area contributed by atoms with Gasteiger partial charge in [0.25, 0.3) is 5.91 Å². The number of aromatic nitrogens is 3. The summed E-state index contributed by atoms with van der Waals surface area (Å²) >= 11 is 0. The van der Waals surface area contributed by atoms with Crippen molar-refractivity contribution >= 4 is 17.4 Å². The molecule has 9 nitrogen and oxygen atoms in total. The molecule has 0 fully saturated rings. The molecule has 0 aliphatic rings. The van der Waals surface area contributed by atoms with Crippen LogP contribution >= 0.6 is 0 Å². The van der Waals surface area contributed by atoms with Gasteiger partial charge in [-0.25, -0.2) is 0 Å². The number of benzene rings is 1. The van der Waals surface area contributed by atoms with Gasteiger partial charge in [-0.2, -0.15) is 4.68 Å². The average molecular weight is 369 g/mol. The summed E-state index contributed by atoms with van der Waals surface area (Å²) in [6.07, 6.45) is 0.